The number of carbonyl (C=O) groups is 1. The number of amides is 1. The van der Waals surface area contributed by atoms with Gasteiger partial charge in [0.2, 0.25) is 17.6 Å². The van der Waals surface area contributed by atoms with Crippen molar-refractivity contribution in [2.75, 3.05) is 18.4 Å². The minimum Gasteiger partial charge on any atom is -0.338 e. The van der Waals surface area contributed by atoms with Crippen LogP contribution in [0.15, 0.2) is 47.0 Å². The number of piperidine rings is 1. The van der Waals surface area contributed by atoms with Gasteiger partial charge in [-0.25, -0.2) is 13.2 Å². The highest BCUT2D eigenvalue weighted by Crippen LogP contribution is 2.22. The van der Waals surface area contributed by atoms with Gasteiger partial charge in [-0.1, -0.05) is 5.16 Å². The van der Waals surface area contributed by atoms with E-state index in [2.05, 4.69) is 15.5 Å². The summed E-state index contributed by atoms with van der Waals surface area (Å²) in [5.41, 5.74) is 0.866. The topological polar surface area (TPSA) is 71.3 Å². The van der Waals surface area contributed by atoms with Gasteiger partial charge in [-0.05, 0) is 55.8 Å². The van der Waals surface area contributed by atoms with Crippen molar-refractivity contribution in [3.05, 3.63) is 65.8 Å². The van der Waals surface area contributed by atoms with Crippen LogP contribution in [0.5, 0.6) is 0 Å². The summed E-state index contributed by atoms with van der Waals surface area (Å²) in [6.07, 6.45) is 1.49. The van der Waals surface area contributed by atoms with Crippen LogP contribution in [0.25, 0.3) is 11.4 Å². The van der Waals surface area contributed by atoms with Gasteiger partial charge in [0, 0.05) is 23.9 Å². The normalized spacial score (nSPS) is 17.1. The molecule has 0 aliphatic carbocycles. The van der Waals surface area contributed by atoms with Crippen LogP contribution in [0, 0.1) is 23.4 Å². The van der Waals surface area contributed by atoms with Gasteiger partial charge in [-0.15, -0.1) is 0 Å². The van der Waals surface area contributed by atoms with Crippen LogP contribution in [-0.2, 0) is 11.3 Å². The van der Waals surface area contributed by atoms with Crippen molar-refractivity contribution in [3.8, 4) is 11.4 Å². The minimum atomic E-state index is -1.01. The van der Waals surface area contributed by atoms with E-state index >= 15 is 0 Å². The number of rotatable bonds is 5. The molecule has 0 bridgehead atoms. The quantitative estimate of drug-likeness (QED) is 0.681. The number of likely N-dealkylation sites (tertiary alicyclic amines) is 1. The lowest BCUT2D eigenvalue weighted by molar-refractivity contribution is -0.121. The predicted molar refractivity (Wildman–Crippen MR) is 103 cm³/mol. The zero-order chi connectivity index (χ0) is 21.1. The monoisotopic (exact) mass is 416 g/mol. The van der Waals surface area contributed by atoms with E-state index in [-0.39, 0.29) is 23.3 Å². The van der Waals surface area contributed by atoms with Crippen LogP contribution < -0.4 is 5.32 Å². The van der Waals surface area contributed by atoms with E-state index in [0.29, 0.717) is 36.8 Å². The van der Waals surface area contributed by atoms with Gasteiger partial charge < -0.3 is 9.84 Å². The van der Waals surface area contributed by atoms with Crippen LogP contribution in [0.1, 0.15) is 18.7 Å². The van der Waals surface area contributed by atoms with Crippen LogP contribution >= 0.6 is 0 Å². The summed E-state index contributed by atoms with van der Waals surface area (Å²) in [6, 6.07) is 9.06. The number of nitrogens with zero attached hydrogens (tertiary/aromatic N) is 3. The highest BCUT2D eigenvalue weighted by molar-refractivity contribution is 5.92. The van der Waals surface area contributed by atoms with Crippen molar-refractivity contribution in [1.82, 2.24) is 15.0 Å². The first-order chi connectivity index (χ1) is 14.5. The maximum Gasteiger partial charge on any atom is 0.241 e. The van der Waals surface area contributed by atoms with Gasteiger partial charge in [-0.3, -0.25) is 9.69 Å². The molecule has 1 N–H and O–H groups in total. The molecule has 0 radical (unpaired) electrons. The molecule has 6 nitrogen and oxygen atoms in total. The summed E-state index contributed by atoms with van der Waals surface area (Å²) in [5.74, 6) is -2.09. The number of hydrogen-bond acceptors (Lipinski definition) is 5. The lowest BCUT2D eigenvalue weighted by atomic mass is 9.97. The van der Waals surface area contributed by atoms with Gasteiger partial charge in [0.15, 0.2) is 11.6 Å². The Labute approximate surface area is 170 Å². The average molecular weight is 416 g/mol. The first-order valence-corrected chi connectivity index (χ1v) is 9.55. The summed E-state index contributed by atoms with van der Waals surface area (Å²) in [6.45, 7) is 1.62. The summed E-state index contributed by atoms with van der Waals surface area (Å²) in [7, 11) is 0. The Hall–Kier alpha value is -3.20. The molecular formula is C21H19F3N4O2. The van der Waals surface area contributed by atoms with Gasteiger partial charge in [-0.2, -0.15) is 4.98 Å². The number of anilines is 1. The number of hydrogen-bond donors (Lipinski definition) is 1. The molecule has 0 saturated carbocycles. The van der Waals surface area contributed by atoms with Gasteiger partial charge in [0.05, 0.1) is 12.5 Å². The smallest absolute Gasteiger partial charge is 0.241 e. The number of carbonyl (C=O) groups excluding carboxylic acids is 1. The first-order valence-electron chi connectivity index (χ1n) is 9.55. The molecule has 3 aromatic rings. The van der Waals surface area contributed by atoms with E-state index in [0.717, 1.165) is 25.1 Å². The maximum absolute atomic E-state index is 13.3. The Kier molecular flexibility index (Phi) is 5.80. The molecule has 1 aliphatic rings. The lowest BCUT2D eigenvalue weighted by Crippen LogP contribution is -2.40. The molecule has 1 aromatic heterocycles. The summed E-state index contributed by atoms with van der Waals surface area (Å²) >= 11 is 0. The molecule has 1 saturated heterocycles. The second-order valence-corrected chi connectivity index (χ2v) is 7.21. The Balaban J connectivity index is 1.36. The molecule has 4 rings (SSSR count). The third kappa shape index (κ3) is 4.68. The van der Waals surface area contributed by atoms with E-state index in [1.807, 2.05) is 4.90 Å². The molecule has 1 aliphatic heterocycles. The summed E-state index contributed by atoms with van der Waals surface area (Å²) < 4.78 is 44.7. The summed E-state index contributed by atoms with van der Waals surface area (Å²) in [5, 5.41) is 6.57. The SMILES string of the molecule is O=C(Nc1ccc(F)c(F)c1)C1CCCN(Cc2nc(-c3ccc(F)cc3)no2)C1. The van der Waals surface area contributed by atoms with E-state index in [1.54, 1.807) is 12.1 Å². The molecule has 9 heteroatoms. The summed E-state index contributed by atoms with van der Waals surface area (Å²) in [4.78, 5) is 18.9. The fraction of sp³-hybridized carbons (Fsp3) is 0.286. The average Bonchev–Trinajstić information content (AvgIpc) is 3.20. The molecule has 1 unspecified atom stereocenters. The van der Waals surface area contributed by atoms with Crippen molar-refractivity contribution in [2.24, 2.45) is 5.92 Å². The lowest BCUT2D eigenvalue weighted by Gasteiger charge is -2.30. The molecule has 2 heterocycles. The Morgan fingerprint density at radius 1 is 1.13 bits per heavy atom. The third-order valence-corrected chi connectivity index (χ3v) is 4.99. The first kappa shape index (κ1) is 20.1. The zero-order valence-corrected chi connectivity index (χ0v) is 15.9. The van der Waals surface area contributed by atoms with E-state index in [1.165, 1.54) is 18.2 Å². The van der Waals surface area contributed by atoms with Gasteiger partial charge in [0.25, 0.3) is 0 Å². The molecule has 1 fully saturated rings. The van der Waals surface area contributed by atoms with E-state index in [4.69, 9.17) is 4.52 Å². The van der Waals surface area contributed by atoms with E-state index < -0.39 is 11.6 Å². The van der Waals surface area contributed by atoms with Crippen molar-refractivity contribution in [1.29, 1.82) is 0 Å². The second-order valence-electron chi connectivity index (χ2n) is 7.21. The molecule has 30 heavy (non-hydrogen) atoms. The Morgan fingerprint density at radius 2 is 1.93 bits per heavy atom. The van der Waals surface area contributed by atoms with Crippen LogP contribution in [-0.4, -0.2) is 34.0 Å². The van der Waals surface area contributed by atoms with E-state index in [9.17, 15) is 18.0 Å². The minimum absolute atomic E-state index is 0.219. The molecule has 156 valence electrons. The Bertz CT molecular complexity index is 1040. The molecule has 1 amide bonds. The number of benzene rings is 2. The van der Waals surface area contributed by atoms with Crippen molar-refractivity contribution >= 4 is 11.6 Å². The fourth-order valence-corrected chi connectivity index (χ4v) is 3.46. The number of aromatic nitrogens is 2. The van der Waals surface area contributed by atoms with Crippen LogP contribution in [0.3, 0.4) is 0 Å². The fourth-order valence-electron chi connectivity index (χ4n) is 3.46. The highest BCUT2D eigenvalue weighted by Gasteiger charge is 2.27. The highest BCUT2D eigenvalue weighted by atomic mass is 19.2. The van der Waals surface area contributed by atoms with Gasteiger partial charge >= 0.3 is 0 Å². The van der Waals surface area contributed by atoms with Crippen LogP contribution in [0.4, 0.5) is 18.9 Å². The number of nitrogens with one attached hydrogen (secondary N) is 1. The van der Waals surface area contributed by atoms with Crippen molar-refractivity contribution < 1.29 is 22.5 Å². The number of halogens is 3. The third-order valence-electron chi connectivity index (χ3n) is 4.99. The Morgan fingerprint density at radius 3 is 2.70 bits per heavy atom. The maximum atomic E-state index is 13.3. The van der Waals surface area contributed by atoms with Crippen molar-refractivity contribution in [2.45, 2.75) is 19.4 Å². The molecule has 1 atom stereocenters. The standard InChI is InChI=1S/C21H19F3N4O2/c22-15-5-3-13(4-6-15)20-26-19(30-27-20)12-28-9-1-2-14(11-28)21(29)25-16-7-8-17(23)18(24)10-16/h3-8,10,14H,1-2,9,11-12H2,(H,25,29). The van der Waals surface area contributed by atoms with Gasteiger partial charge in [0.1, 0.15) is 5.82 Å². The molecular weight excluding hydrogens is 397 g/mol. The predicted octanol–water partition coefficient (Wildman–Crippen LogP) is 4.00. The van der Waals surface area contributed by atoms with Crippen molar-refractivity contribution in [3.63, 3.8) is 0 Å². The molecule has 2 aromatic carbocycles. The second kappa shape index (κ2) is 8.66. The molecule has 0 spiro atoms. The largest absolute Gasteiger partial charge is 0.338 e. The van der Waals surface area contributed by atoms with Crippen LogP contribution in [0.2, 0.25) is 0 Å². The zero-order valence-electron chi connectivity index (χ0n) is 15.9.